The van der Waals surface area contributed by atoms with Crippen LogP contribution < -0.4 is 9.47 Å². The number of methoxy groups -OCH3 is 1. The Morgan fingerprint density at radius 3 is 1.48 bits per heavy atom. The Morgan fingerprint density at radius 1 is 0.521 bits per heavy atom. The molecular weight excluding hydrogens is 704 g/mol. The number of unbranched alkanes of at least 4 members (excludes halogenated alkanes) is 3. The fourth-order valence-electron chi connectivity index (χ4n) is 3.59. The molecule has 0 aliphatic heterocycles. The van der Waals surface area contributed by atoms with Crippen molar-refractivity contribution in [1.82, 2.24) is 0 Å². The summed E-state index contributed by atoms with van der Waals surface area (Å²) in [7, 11) is 1.37. The molecule has 0 heterocycles. The number of halogens is 1. The molecule has 0 amide bonds. The highest BCUT2D eigenvalue weighted by Gasteiger charge is 2.19. The van der Waals surface area contributed by atoms with Gasteiger partial charge in [-0.15, -0.1) is 0 Å². The molecule has 0 spiro atoms. The van der Waals surface area contributed by atoms with Crippen molar-refractivity contribution in [2.24, 2.45) is 0 Å². The molecule has 2 rings (SSSR count). The van der Waals surface area contributed by atoms with Crippen molar-refractivity contribution >= 4 is 57.7 Å². The monoisotopic (exact) mass is 738 g/mol. The predicted octanol–water partition coefficient (Wildman–Crippen LogP) is 3.13. The first-order valence-corrected chi connectivity index (χ1v) is 15.7. The molecule has 15 nitrogen and oxygen atoms in total. The maximum Gasteiger partial charge on any atom is 0.344 e. The Hall–Kier alpha value is -4.99. The highest BCUT2D eigenvalue weighted by atomic mass is 79.9. The topological polar surface area (TPSA) is 193 Å². The number of carbonyl (C=O) groups is 7. The lowest BCUT2D eigenvalue weighted by molar-refractivity contribution is -0.165. The maximum absolute atomic E-state index is 12.5. The van der Waals surface area contributed by atoms with Gasteiger partial charge in [-0.05, 0) is 37.1 Å². The van der Waals surface area contributed by atoms with E-state index in [1.807, 2.05) is 0 Å². The van der Waals surface area contributed by atoms with Gasteiger partial charge >= 0.3 is 41.8 Å². The lowest BCUT2D eigenvalue weighted by Crippen LogP contribution is -2.24. The smallest absolute Gasteiger partial charge is 0.344 e. The molecule has 0 atom stereocenters. The number of ether oxygens (including phenoxy) is 8. The number of carbonyl (C=O) groups excluding carboxylic acids is 7. The summed E-state index contributed by atoms with van der Waals surface area (Å²) in [4.78, 5) is 83.9. The van der Waals surface area contributed by atoms with Crippen LogP contribution in [0.25, 0.3) is 0 Å². The van der Waals surface area contributed by atoms with E-state index >= 15 is 0 Å². The molecule has 0 aliphatic carbocycles. The highest BCUT2D eigenvalue weighted by Crippen LogP contribution is 2.20. The molecule has 260 valence electrons. The van der Waals surface area contributed by atoms with Crippen LogP contribution in [-0.4, -0.2) is 93.9 Å². The standard InChI is InChI=1S/C32H35BrO15/c1-41-24-12-7-5-10-22(24)31(39)46-20-29(37)44-18-27(35)42-16-17-43-28(36)19-45-30(38)21-47-32(40)23-11-6-8-13-25(23)48-26(34)14-4-2-3-9-15-33/h5-8,10-13H,2-4,9,14-21H2,1H3. The molecule has 0 saturated carbocycles. The number of alkyl halides is 1. The number of hydrogen-bond acceptors (Lipinski definition) is 15. The maximum atomic E-state index is 12.5. The minimum Gasteiger partial charge on any atom is -0.496 e. The minimum atomic E-state index is -1.06. The van der Waals surface area contributed by atoms with Gasteiger partial charge in [-0.1, -0.05) is 53.0 Å². The summed E-state index contributed by atoms with van der Waals surface area (Å²) in [6.07, 6.45) is 3.66. The second kappa shape index (κ2) is 22.5. The average Bonchev–Trinajstić information content (AvgIpc) is 3.09. The Labute approximate surface area is 284 Å². The van der Waals surface area contributed by atoms with Crippen molar-refractivity contribution in [1.29, 1.82) is 0 Å². The number of esters is 7. The van der Waals surface area contributed by atoms with Gasteiger partial charge in [-0.3, -0.25) is 4.79 Å². The molecule has 16 heteroatoms. The normalized spacial score (nSPS) is 10.2. The van der Waals surface area contributed by atoms with Crippen molar-refractivity contribution in [2.45, 2.75) is 32.1 Å². The highest BCUT2D eigenvalue weighted by molar-refractivity contribution is 9.09. The second-order valence-electron chi connectivity index (χ2n) is 9.44. The molecule has 0 unspecified atom stereocenters. The molecule has 2 aromatic carbocycles. The molecule has 0 saturated heterocycles. The van der Waals surface area contributed by atoms with Gasteiger partial charge in [0.15, 0.2) is 26.4 Å². The lowest BCUT2D eigenvalue weighted by Gasteiger charge is -2.10. The quantitative estimate of drug-likeness (QED) is 0.0596. The van der Waals surface area contributed by atoms with Crippen LogP contribution in [-0.2, 0) is 52.4 Å². The Morgan fingerprint density at radius 2 is 0.958 bits per heavy atom. The molecule has 0 radical (unpaired) electrons. The van der Waals surface area contributed by atoms with Crippen LogP contribution in [0.3, 0.4) is 0 Å². The van der Waals surface area contributed by atoms with E-state index in [2.05, 4.69) is 20.7 Å². The molecular formula is C32H35BrO15. The van der Waals surface area contributed by atoms with Crippen LogP contribution in [0.15, 0.2) is 48.5 Å². The minimum absolute atomic E-state index is 0.0190. The fraction of sp³-hybridized carbons (Fsp3) is 0.406. The second-order valence-corrected chi connectivity index (χ2v) is 10.2. The van der Waals surface area contributed by atoms with Crippen molar-refractivity contribution in [3.05, 3.63) is 59.7 Å². The van der Waals surface area contributed by atoms with E-state index in [0.29, 0.717) is 6.42 Å². The Bertz CT molecular complexity index is 1410. The van der Waals surface area contributed by atoms with Crippen molar-refractivity contribution in [2.75, 3.05) is 52.1 Å². The molecule has 0 bridgehead atoms. The summed E-state index contributed by atoms with van der Waals surface area (Å²) < 4.78 is 38.9. The van der Waals surface area contributed by atoms with Gasteiger partial charge in [0.2, 0.25) is 0 Å². The lowest BCUT2D eigenvalue weighted by atomic mass is 10.1. The zero-order chi connectivity index (χ0) is 35.1. The third kappa shape index (κ3) is 15.5. The number of hydrogen-bond donors (Lipinski definition) is 0. The van der Waals surface area contributed by atoms with E-state index < -0.39 is 81.4 Å². The van der Waals surface area contributed by atoms with Gasteiger partial charge < -0.3 is 37.9 Å². The van der Waals surface area contributed by atoms with Gasteiger partial charge in [0, 0.05) is 11.8 Å². The van der Waals surface area contributed by atoms with Crippen molar-refractivity contribution in [3.63, 3.8) is 0 Å². The van der Waals surface area contributed by atoms with Crippen LogP contribution in [0.1, 0.15) is 52.8 Å². The first-order valence-electron chi connectivity index (χ1n) is 14.6. The summed E-state index contributed by atoms with van der Waals surface area (Å²) >= 11 is 3.35. The summed E-state index contributed by atoms with van der Waals surface area (Å²) in [6.45, 7) is -4.02. The van der Waals surface area contributed by atoms with Crippen molar-refractivity contribution < 1.29 is 71.5 Å². The van der Waals surface area contributed by atoms with Gasteiger partial charge in [0.25, 0.3) is 0 Å². The van der Waals surface area contributed by atoms with E-state index in [4.69, 9.17) is 33.2 Å². The molecule has 0 N–H and O–H groups in total. The van der Waals surface area contributed by atoms with E-state index in [9.17, 15) is 33.6 Å². The third-order valence-corrected chi connectivity index (χ3v) is 6.44. The molecule has 48 heavy (non-hydrogen) atoms. The summed E-state index contributed by atoms with van der Waals surface area (Å²) in [5.74, 6) is -6.08. The van der Waals surface area contributed by atoms with Crippen LogP contribution in [0.5, 0.6) is 11.5 Å². The summed E-state index contributed by atoms with van der Waals surface area (Å²) in [5, 5.41) is 0.893. The van der Waals surface area contributed by atoms with Gasteiger partial charge in [-0.25, -0.2) is 28.8 Å². The van der Waals surface area contributed by atoms with Gasteiger partial charge in [-0.2, -0.15) is 0 Å². The van der Waals surface area contributed by atoms with Crippen LogP contribution in [0.4, 0.5) is 0 Å². The zero-order valence-corrected chi connectivity index (χ0v) is 27.7. The largest absolute Gasteiger partial charge is 0.496 e. The Kier molecular flexibility index (Phi) is 18.4. The van der Waals surface area contributed by atoms with E-state index in [1.165, 1.54) is 37.4 Å². The molecule has 0 aliphatic rings. The number of para-hydroxylation sites is 2. The third-order valence-electron chi connectivity index (χ3n) is 5.88. The van der Waals surface area contributed by atoms with Gasteiger partial charge in [0.05, 0.1) is 7.11 Å². The molecule has 2 aromatic rings. The van der Waals surface area contributed by atoms with E-state index in [0.717, 1.165) is 24.6 Å². The fourth-order valence-corrected chi connectivity index (χ4v) is 3.99. The zero-order valence-electron chi connectivity index (χ0n) is 26.1. The average molecular weight is 740 g/mol. The summed E-state index contributed by atoms with van der Waals surface area (Å²) in [6, 6.07) is 12.1. The Balaban J connectivity index is 1.58. The summed E-state index contributed by atoms with van der Waals surface area (Å²) in [5.41, 5.74) is 0.0224. The molecule has 0 fully saturated rings. The van der Waals surface area contributed by atoms with Crippen molar-refractivity contribution in [3.8, 4) is 11.5 Å². The first kappa shape index (κ1) is 39.2. The van der Waals surface area contributed by atoms with E-state index in [-0.39, 0.29) is 29.0 Å². The number of rotatable bonds is 21. The first-order chi connectivity index (χ1) is 23.1. The van der Waals surface area contributed by atoms with E-state index in [1.54, 1.807) is 18.2 Å². The van der Waals surface area contributed by atoms with Crippen LogP contribution in [0, 0.1) is 0 Å². The SMILES string of the molecule is COc1ccccc1C(=O)OCC(=O)OCC(=O)OCCOC(=O)COC(=O)COC(=O)c1ccccc1OC(=O)CCCCCCBr. The predicted molar refractivity (Wildman–Crippen MR) is 166 cm³/mol. The number of benzene rings is 2. The molecule has 0 aromatic heterocycles. The van der Waals surface area contributed by atoms with Crippen LogP contribution in [0.2, 0.25) is 0 Å². The van der Waals surface area contributed by atoms with Gasteiger partial charge in [0.1, 0.15) is 35.8 Å². The van der Waals surface area contributed by atoms with Crippen LogP contribution >= 0.6 is 15.9 Å².